The molecule has 1 saturated heterocycles. The van der Waals surface area contributed by atoms with E-state index in [4.69, 9.17) is 11.6 Å². The Balaban J connectivity index is 1.61. The first kappa shape index (κ1) is 30.2. The molecular formula is C27H23ClF3N7O4. The number of hydrogen-bond acceptors (Lipinski definition) is 8. The van der Waals surface area contributed by atoms with E-state index in [0.717, 1.165) is 24.3 Å². The second-order valence-electron chi connectivity index (χ2n) is 9.10. The standard InChI is InChI=1S/C27H23ClF3N7O4/c28-15-24(40)37(20-7-2-1-6-19(20)27(29,30)31)21-8-3-9-22(38(41)42)25(21)34-23(39)17-35-11-13-36(14-12-35)26-18(16-32)5-4-10-33-26/h1-10H,11-15,17H2,(H,34,39). The third-order valence-corrected chi connectivity index (χ3v) is 6.71. The van der Waals surface area contributed by atoms with Gasteiger partial charge in [0.15, 0.2) is 0 Å². The Labute approximate surface area is 242 Å². The summed E-state index contributed by atoms with van der Waals surface area (Å²) in [6.07, 6.45) is -3.29. The zero-order valence-corrected chi connectivity index (χ0v) is 22.6. The molecule has 2 aromatic carbocycles. The van der Waals surface area contributed by atoms with Crippen molar-refractivity contribution in [2.45, 2.75) is 6.18 Å². The molecule has 1 aliphatic rings. The molecule has 15 heteroatoms. The van der Waals surface area contributed by atoms with Gasteiger partial charge in [0, 0.05) is 38.4 Å². The monoisotopic (exact) mass is 601 g/mol. The van der Waals surface area contributed by atoms with E-state index in [2.05, 4.69) is 16.4 Å². The van der Waals surface area contributed by atoms with Crippen LogP contribution in [0.3, 0.4) is 0 Å². The second kappa shape index (κ2) is 12.8. The van der Waals surface area contributed by atoms with Gasteiger partial charge in [0.25, 0.3) is 5.69 Å². The molecule has 1 aromatic heterocycles. The number of nitrogens with one attached hydrogen (secondary N) is 1. The maximum Gasteiger partial charge on any atom is 0.418 e. The van der Waals surface area contributed by atoms with Crippen molar-refractivity contribution >= 4 is 52.0 Å². The van der Waals surface area contributed by atoms with E-state index in [-0.39, 0.29) is 12.2 Å². The largest absolute Gasteiger partial charge is 0.418 e. The van der Waals surface area contributed by atoms with Crippen LogP contribution in [-0.4, -0.2) is 65.2 Å². The lowest BCUT2D eigenvalue weighted by atomic mass is 10.1. The van der Waals surface area contributed by atoms with Crippen LogP contribution in [0.15, 0.2) is 60.8 Å². The summed E-state index contributed by atoms with van der Waals surface area (Å²) in [5.74, 6) is -1.89. The summed E-state index contributed by atoms with van der Waals surface area (Å²) in [4.78, 5) is 45.7. The van der Waals surface area contributed by atoms with E-state index in [0.29, 0.717) is 42.5 Å². The number of carbonyl (C=O) groups excluding carboxylic acids is 2. The fourth-order valence-corrected chi connectivity index (χ4v) is 4.72. The van der Waals surface area contributed by atoms with Gasteiger partial charge < -0.3 is 10.2 Å². The van der Waals surface area contributed by atoms with Crippen LogP contribution >= 0.6 is 11.6 Å². The number of nitro groups is 1. The minimum Gasteiger partial charge on any atom is -0.353 e. The molecule has 0 bridgehead atoms. The molecular weight excluding hydrogens is 579 g/mol. The number of pyridine rings is 1. The van der Waals surface area contributed by atoms with Gasteiger partial charge in [0.1, 0.15) is 23.5 Å². The van der Waals surface area contributed by atoms with Crippen molar-refractivity contribution in [1.29, 1.82) is 5.26 Å². The number of hydrogen-bond donors (Lipinski definition) is 1. The van der Waals surface area contributed by atoms with Crippen LogP contribution in [0.4, 0.5) is 41.7 Å². The molecule has 1 N–H and O–H groups in total. The van der Waals surface area contributed by atoms with Crippen LogP contribution < -0.4 is 15.1 Å². The van der Waals surface area contributed by atoms with Crippen molar-refractivity contribution < 1.29 is 27.7 Å². The van der Waals surface area contributed by atoms with Gasteiger partial charge in [0.2, 0.25) is 11.8 Å². The first-order valence-corrected chi connectivity index (χ1v) is 13.0. The van der Waals surface area contributed by atoms with Gasteiger partial charge >= 0.3 is 6.18 Å². The molecule has 0 spiro atoms. The highest BCUT2D eigenvalue weighted by molar-refractivity contribution is 6.30. The smallest absolute Gasteiger partial charge is 0.353 e. The van der Waals surface area contributed by atoms with Crippen molar-refractivity contribution in [1.82, 2.24) is 9.88 Å². The Morgan fingerprint density at radius 1 is 1.07 bits per heavy atom. The summed E-state index contributed by atoms with van der Waals surface area (Å²) in [6.45, 7) is 1.49. The predicted octanol–water partition coefficient (Wildman–Crippen LogP) is 4.54. The third kappa shape index (κ3) is 6.59. The number of nitrogens with zero attached hydrogens (tertiary/aromatic N) is 6. The minimum atomic E-state index is -4.86. The number of halogens is 4. The lowest BCUT2D eigenvalue weighted by Gasteiger charge is -2.35. The molecule has 2 amide bonds. The average molecular weight is 602 g/mol. The molecule has 0 radical (unpaired) electrons. The molecule has 0 unspecified atom stereocenters. The molecule has 3 aromatic rings. The molecule has 11 nitrogen and oxygen atoms in total. The molecule has 0 atom stereocenters. The number of benzene rings is 2. The molecule has 4 rings (SSSR count). The molecule has 42 heavy (non-hydrogen) atoms. The topological polar surface area (TPSA) is 136 Å². The number of carbonyl (C=O) groups is 2. The molecule has 218 valence electrons. The van der Waals surface area contributed by atoms with Gasteiger partial charge in [-0.1, -0.05) is 18.2 Å². The van der Waals surface area contributed by atoms with Crippen LogP contribution in [0.25, 0.3) is 0 Å². The van der Waals surface area contributed by atoms with E-state index >= 15 is 0 Å². The summed E-state index contributed by atoms with van der Waals surface area (Å²) in [6, 6.07) is 13.1. The highest BCUT2D eigenvalue weighted by Gasteiger charge is 2.37. The molecule has 1 aliphatic heterocycles. The normalized spacial score (nSPS) is 13.7. The fourth-order valence-electron chi connectivity index (χ4n) is 4.60. The summed E-state index contributed by atoms with van der Waals surface area (Å²) >= 11 is 5.75. The number of nitro benzene ring substituents is 1. The van der Waals surface area contributed by atoms with E-state index in [1.54, 1.807) is 23.2 Å². The number of amides is 2. The zero-order valence-electron chi connectivity index (χ0n) is 21.8. The lowest BCUT2D eigenvalue weighted by molar-refractivity contribution is -0.383. The molecule has 0 aliphatic carbocycles. The van der Waals surface area contributed by atoms with Crippen molar-refractivity contribution in [2.75, 3.05) is 53.7 Å². The van der Waals surface area contributed by atoms with Crippen molar-refractivity contribution in [3.8, 4) is 6.07 Å². The second-order valence-corrected chi connectivity index (χ2v) is 9.37. The van der Waals surface area contributed by atoms with Crippen molar-refractivity contribution in [3.63, 3.8) is 0 Å². The average Bonchev–Trinajstić information content (AvgIpc) is 2.97. The summed E-state index contributed by atoms with van der Waals surface area (Å²) in [5, 5.41) is 23.7. The van der Waals surface area contributed by atoms with Gasteiger partial charge in [-0.25, -0.2) is 4.98 Å². The minimum absolute atomic E-state index is 0.199. The van der Waals surface area contributed by atoms with E-state index in [9.17, 15) is 38.1 Å². The number of alkyl halides is 4. The number of rotatable bonds is 8. The van der Waals surface area contributed by atoms with Gasteiger partial charge in [-0.05, 0) is 30.3 Å². The fraction of sp³-hybridized carbons (Fsp3) is 0.259. The highest BCUT2D eigenvalue weighted by Crippen LogP contribution is 2.43. The predicted molar refractivity (Wildman–Crippen MR) is 149 cm³/mol. The van der Waals surface area contributed by atoms with Crippen LogP contribution in [0.5, 0.6) is 0 Å². The molecule has 0 saturated carbocycles. The number of aromatic nitrogens is 1. The maximum absolute atomic E-state index is 13.9. The first-order valence-electron chi connectivity index (χ1n) is 12.5. The van der Waals surface area contributed by atoms with E-state index in [1.165, 1.54) is 18.2 Å². The quantitative estimate of drug-likeness (QED) is 0.226. The lowest BCUT2D eigenvalue weighted by Crippen LogP contribution is -2.49. The van der Waals surface area contributed by atoms with Gasteiger partial charge in [-0.3, -0.25) is 29.5 Å². The first-order chi connectivity index (χ1) is 20.0. The Bertz CT molecular complexity index is 1540. The molecule has 1 fully saturated rings. The number of para-hydroxylation sites is 2. The Hall–Kier alpha value is -4.74. The van der Waals surface area contributed by atoms with Gasteiger partial charge in [0.05, 0.1) is 34.0 Å². The van der Waals surface area contributed by atoms with Gasteiger partial charge in [-0.15, -0.1) is 11.6 Å². The highest BCUT2D eigenvalue weighted by atomic mass is 35.5. The summed E-state index contributed by atoms with van der Waals surface area (Å²) in [5.41, 5.74) is -2.78. The third-order valence-electron chi connectivity index (χ3n) is 6.48. The van der Waals surface area contributed by atoms with Crippen LogP contribution in [-0.2, 0) is 15.8 Å². The number of piperazine rings is 1. The van der Waals surface area contributed by atoms with E-state index in [1.807, 2.05) is 4.90 Å². The van der Waals surface area contributed by atoms with Crippen LogP contribution in [0.2, 0.25) is 0 Å². The van der Waals surface area contributed by atoms with Gasteiger partial charge in [-0.2, -0.15) is 18.4 Å². The summed E-state index contributed by atoms with van der Waals surface area (Å²) < 4.78 is 41.6. The van der Waals surface area contributed by atoms with Crippen LogP contribution in [0.1, 0.15) is 11.1 Å². The Morgan fingerprint density at radius 3 is 2.40 bits per heavy atom. The Morgan fingerprint density at radius 2 is 1.76 bits per heavy atom. The SMILES string of the molecule is N#Cc1cccnc1N1CCN(CC(=O)Nc2c(N(C(=O)CCl)c3ccccc3C(F)(F)F)cccc2[N+](=O)[O-])CC1. The maximum atomic E-state index is 13.9. The number of anilines is 4. The molecule has 2 heterocycles. The van der Waals surface area contributed by atoms with E-state index < -0.39 is 51.4 Å². The summed E-state index contributed by atoms with van der Waals surface area (Å²) in [7, 11) is 0. The Kier molecular flexibility index (Phi) is 9.24. The zero-order chi connectivity index (χ0) is 30.4. The van der Waals surface area contributed by atoms with Crippen molar-refractivity contribution in [3.05, 3.63) is 82.0 Å². The number of nitriles is 1. The van der Waals surface area contributed by atoms with Crippen molar-refractivity contribution in [2.24, 2.45) is 0 Å². The van der Waals surface area contributed by atoms with Crippen LogP contribution in [0, 0.1) is 21.4 Å².